The predicted molar refractivity (Wildman–Crippen MR) is 59.7 cm³/mol. The molecule has 3 atom stereocenters. The SMILES string of the molecule is CCC(C)CCC1CC1CC(C)C. The van der Waals surface area contributed by atoms with Crippen LogP contribution >= 0.6 is 0 Å². The number of rotatable bonds is 6. The lowest BCUT2D eigenvalue weighted by Gasteiger charge is -2.07. The van der Waals surface area contributed by atoms with Gasteiger partial charge in [-0.25, -0.2) is 0 Å². The average molecular weight is 182 g/mol. The van der Waals surface area contributed by atoms with E-state index in [2.05, 4.69) is 27.7 Å². The van der Waals surface area contributed by atoms with Gasteiger partial charge in [0.1, 0.15) is 0 Å². The van der Waals surface area contributed by atoms with E-state index in [4.69, 9.17) is 0 Å². The second-order valence-electron chi connectivity index (χ2n) is 5.48. The molecule has 1 aliphatic rings. The van der Waals surface area contributed by atoms with Crippen LogP contribution in [-0.4, -0.2) is 0 Å². The summed E-state index contributed by atoms with van der Waals surface area (Å²) in [7, 11) is 0. The molecular weight excluding hydrogens is 156 g/mol. The second-order valence-corrected chi connectivity index (χ2v) is 5.48. The third-order valence-electron chi connectivity index (χ3n) is 3.57. The Bertz CT molecular complexity index is 137. The average Bonchev–Trinajstić information content (AvgIpc) is 2.78. The zero-order valence-electron chi connectivity index (χ0n) is 9.84. The molecule has 3 unspecified atom stereocenters. The maximum atomic E-state index is 2.39. The molecule has 0 aromatic heterocycles. The smallest absolute Gasteiger partial charge is 0.0381 e. The molecule has 0 nitrogen and oxygen atoms in total. The molecule has 0 radical (unpaired) electrons. The van der Waals surface area contributed by atoms with Gasteiger partial charge in [0.15, 0.2) is 0 Å². The Hall–Kier alpha value is 0. The second kappa shape index (κ2) is 5.02. The van der Waals surface area contributed by atoms with Gasteiger partial charge in [0.2, 0.25) is 0 Å². The van der Waals surface area contributed by atoms with Crippen molar-refractivity contribution in [2.45, 2.75) is 59.8 Å². The highest BCUT2D eigenvalue weighted by molar-refractivity contribution is 4.86. The first-order chi connectivity index (χ1) is 6.13. The molecule has 0 spiro atoms. The molecule has 0 heteroatoms. The third-order valence-corrected chi connectivity index (χ3v) is 3.57. The predicted octanol–water partition coefficient (Wildman–Crippen LogP) is 4.49. The quantitative estimate of drug-likeness (QED) is 0.567. The van der Waals surface area contributed by atoms with E-state index in [-0.39, 0.29) is 0 Å². The third kappa shape index (κ3) is 4.15. The monoisotopic (exact) mass is 182 g/mol. The number of hydrogen-bond acceptors (Lipinski definition) is 0. The van der Waals surface area contributed by atoms with Gasteiger partial charge >= 0.3 is 0 Å². The first-order valence-corrected chi connectivity index (χ1v) is 6.13. The summed E-state index contributed by atoms with van der Waals surface area (Å²) in [6.45, 7) is 9.40. The fourth-order valence-electron chi connectivity index (χ4n) is 2.26. The van der Waals surface area contributed by atoms with Crippen molar-refractivity contribution in [1.82, 2.24) is 0 Å². The van der Waals surface area contributed by atoms with Crippen molar-refractivity contribution in [3.8, 4) is 0 Å². The van der Waals surface area contributed by atoms with E-state index < -0.39 is 0 Å². The van der Waals surface area contributed by atoms with Gasteiger partial charge in [0, 0.05) is 0 Å². The van der Waals surface area contributed by atoms with Gasteiger partial charge in [-0.1, -0.05) is 40.5 Å². The maximum Gasteiger partial charge on any atom is -0.0381 e. The van der Waals surface area contributed by atoms with Crippen LogP contribution in [0.4, 0.5) is 0 Å². The zero-order valence-corrected chi connectivity index (χ0v) is 9.84. The van der Waals surface area contributed by atoms with Crippen LogP contribution in [0.1, 0.15) is 59.8 Å². The molecule has 0 amide bonds. The van der Waals surface area contributed by atoms with Crippen LogP contribution in [0.25, 0.3) is 0 Å². The van der Waals surface area contributed by atoms with Gasteiger partial charge in [-0.05, 0) is 42.9 Å². The molecule has 0 N–H and O–H groups in total. The van der Waals surface area contributed by atoms with Crippen molar-refractivity contribution >= 4 is 0 Å². The van der Waals surface area contributed by atoms with Crippen molar-refractivity contribution in [1.29, 1.82) is 0 Å². The summed E-state index contributed by atoms with van der Waals surface area (Å²) in [4.78, 5) is 0. The van der Waals surface area contributed by atoms with Crippen LogP contribution in [0.3, 0.4) is 0 Å². The minimum Gasteiger partial charge on any atom is -0.0651 e. The normalized spacial score (nSPS) is 29.3. The highest BCUT2D eigenvalue weighted by atomic mass is 14.4. The van der Waals surface area contributed by atoms with Crippen LogP contribution in [0, 0.1) is 23.7 Å². The van der Waals surface area contributed by atoms with Crippen molar-refractivity contribution in [3.63, 3.8) is 0 Å². The Morgan fingerprint density at radius 3 is 2.38 bits per heavy atom. The van der Waals surface area contributed by atoms with Crippen molar-refractivity contribution in [2.24, 2.45) is 23.7 Å². The highest BCUT2D eigenvalue weighted by Crippen LogP contribution is 2.46. The summed E-state index contributed by atoms with van der Waals surface area (Å²) in [5, 5.41) is 0. The first-order valence-electron chi connectivity index (χ1n) is 6.13. The molecule has 0 saturated heterocycles. The topological polar surface area (TPSA) is 0 Å². The summed E-state index contributed by atoms with van der Waals surface area (Å²) in [5.74, 6) is 4.08. The van der Waals surface area contributed by atoms with Crippen molar-refractivity contribution in [3.05, 3.63) is 0 Å². The molecule has 0 heterocycles. The molecule has 0 aromatic carbocycles. The largest absolute Gasteiger partial charge is 0.0651 e. The lowest BCUT2D eigenvalue weighted by molar-refractivity contribution is 0.445. The Kier molecular flexibility index (Phi) is 4.28. The first kappa shape index (κ1) is 11.1. The van der Waals surface area contributed by atoms with Crippen LogP contribution in [-0.2, 0) is 0 Å². The molecule has 0 aliphatic heterocycles. The van der Waals surface area contributed by atoms with E-state index in [9.17, 15) is 0 Å². The Morgan fingerprint density at radius 1 is 1.15 bits per heavy atom. The van der Waals surface area contributed by atoms with E-state index in [1.54, 1.807) is 0 Å². The van der Waals surface area contributed by atoms with Gasteiger partial charge in [-0.2, -0.15) is 0 Å². The van der Waals surface area contributed by atoms with Gasteiger partial charge in [-0.3, -0.25) is 0 Å². The van der Waals surface area contributed by atoms with Crippen LogP contribution in [0.5, 0.6) is 0 Å². The van der Waals surface area contributed by atoms with Crippen molar-refractivity contribution in [2.75, 3.05) is 0 Å². The Labute approximate surface area is 84.1 Å². The van der Waals surface area contributed by atoms with E-state index in [1.165, 1.54) is 32.1 Å². The van der Waals surface area contributed by atoms with Gasteiger partial charge < -0.3 is 0 Å². The minimum atomic E-state index is 0.915. The molecule has 1 rings (SSSR count). The van der Waals surface area contributed by atoms with Gasteiger partial charge in [0.05, 0.1) is 0 Å². The lowest BCUT2D eigenvalue weighted by atomic mass is 9.99. The lowest BCUT2D eigenvalue weighted by Crippen LogP contribution is -1.95. The van der Waals surface area contributed by atoms with Crippen molar-refractivity contribution < 1.29 is 0 Å². The molecule has 0 aromatic rings. The van der Waals surface area contributed by atoms with Crippen LogP contribution in [0.15, 0.2) is 0 Å². The number of hydrogen-bond donors (Lipinski definition) is 0. The van der Waals surface area contributed by atoms with E-state index in [0.717, 1.165) is 23.7 Å². The van der Waals surface area contributed by atoms with E-state index in [0.29, 0.717) is 0 Å². The molecule has 78 valence electrons. The molecule has 1 aliphatic carbocycles. The summed E-state index contributed by atoms with van der Waals surface area (Å²) in [6, 6.07) is 0. The molecule has 13 heavy (non-hydrogen) atoms. The molecule has 0 bridgehead atoms. The summed E-state index contributed by atoms with van der Waals surface area (Å²) < 4.78 is 0. The van der Waals surface area contributed by atoms with E-state index >= 15 is 0 Å². The summed E-state index contributed by atoms with van der Waals surface area (Å²) in [6.07, 6.45) is 7.35. The highest BCUT2D eigenvalue weighted by Gasteiger charge is 2.36. The fourth-order valence-corrected chi connectivity index (χ4v) is 2.26. The van der Waals surface area contributed by atoms with Crippen LogP contribution in [0.2, 0.25) is 0 Å². The zero-order chi connectivity index (χ0) is 9.84. The summed E-state index contributed by atoms with van der Waals surface area (Å²) in [5.41, 5.74) is 0. The molecular formula is C13H26. The standard InChI is InChI=1S/C13H26/c1-5-11(4)6-7-12-9-13(12)8-10(2)3/h10-13H,5-9H2,1-4H3. The Balaban J connectivity index is 2.01. The van der Waals surface area contributed by atoms with Crippen LogP contribution < -0.4 is 0 Å². The molecule has 1 fully saturated rings. The minimum absolute atomic E-state index is 0.915. The summed E-state index contributed by atoms with van der Waals surface area (Å²) >= 11 is 0. The maximum absolute atomic E-state index is 2.39. The molecule has 1 saturated carbocycles. The van der Waals surface area contributed by atoms with Gasteiger partial charge in [0.25, 0.3) is 0 Å². The fraction of sp³-hybridized carbons (Fsp3) is 1.00. The Morgan fingerprint density at radius 2 is 1.85 bits per heavy atom. The van der Waals surface area contributed by atoms with E-state index in [1.807, 2.05) is 0 Å². The van der Waals surface area contributed by atoms with Gasteiger partial charge in [-0.15, -0.1) is 0 Å².